The van der Waals surface area contributed by atoms with Gasteiger partial charge < -0.3 is 4.98 Å². The number of aromatic amines is 2. The van der Waals surface area contributed by atoms with Crippen LogP contribution in [0.1, 0.15) is 11.3 Å². The van der Waals surface area contributed by atoms with Crippen molar-refractivity contribution in [1.82, 2.24) is 24.7 Å². The summed E-state index contributed by atoms with van der Waals surface area (Å²) >= 11 is 6.03. The lowest BCUT2D eigenvalue weighted by Crippen LogP contribution is -2.17. The Labute approximate surface area is 119 Å². The molecule has 0 aliphatic heterocycles. The minimum Gasteiger partial charge on any atom is -0.348 e. The monoisotopic (exact) mass is 289 g/mol. The summed E-state index contributed by atoms with van der Waals surface area (Å²) in [5.74, 6) is 0.458. The fourth-order valence-corrected chi connectivity index (χ4v) is 2.25. The predicted molar refractivity (Wildman–Crippen MR) is 76.3 cm³/mol. The van der Waals surface area contributed by atoms with Crippen LogP contribution in [0.4, 0.5) is 0 Å². The van der Waals surface area contributed by atoms with Gasteiger partial charge in [0, 0.05) is 10.7 Å². The van der Waals surface area contributed by atoms with E-state index in [2.05, 4.69) is 20.2 Å². The first kappa shape index (κ1) is 12.7. The molecule has 0 radical (unpaired) electrons. The molecule has 2 aromatic heterocycles. The SMILES string of the molecule is Cc1ccc(Cl)cc1-n1c(-c2nc[nH]c2C)n[nH]c1=O. The summed E-state index contributed by atoms with van der Waals surface area (Å²) in [7, 11) is 0. The topological polar surface area (TPSA) is 79.4 Å². The van der Waals surface area contributed by atoms with Gasteiger partial charge in [-0.05, 0) is 31.5 Å². The highest BCUT2D eigenvalue weighted by molar-refractivity contribution is 6.30. The standard InChI is InChI=1S/C13H12ClN5O/c1-7-3-4-9(14)5-10(7)19-12(17-18-13(19)20)11-8(2)15-6-16-11/h3-6H,1-2H3,(H,15,16)(H,18,20). The lowest BCUT2D eigenvalue weighted by atomic mass is 10.2. The van der Waals surface area contributed by atoms with E-state index in [9.17, 15) is 4.79 Å². The van der Waals surface area contributed by atoms with E-state index >= 15 is 0 Å². The van der Waals surface area contributed by atoms with Crippen LogP contribution in [-0.4, -0.2) is 24.7 Å². The van der Waals surface area contributed by atoms with Gasteiger partial charge >= 0.3 is 5.69 Å². The number of hydrogen-bond acceptors (Lipinski definition) is 3. The van der Waals surface area contributed by atoms with Crippen molar-refractivity contribution in [2.24, 2.45) is 0 Å². The zero-order valence-corrected chi connectivity index (χ0v) is 11.7. The van der Waals surface area contributed by atoms with Crippen LogP contribution in [-0.2, 0) is 0 Å². The van der Waals surface area contributed by atoms with E-state index in [4.69, 9.17) is 11.6 Å². The van der Waals surface area contributed by atoms with Crippen molar-refractivity contribution in [2.45, 2.75) is 13.8 Å². The highest BCUT2D eigenvalue weighted by atomic mass is 35.5. The molecule has 3 aromatic rings. The van der Waals surface area contributed by atoms with Gasteiger partial charge in [-0.25, -0.2) is 19.4 Å². The van der Waals surface area contributed by atoms with E-state index in [1.54, 1.807) is 18.5 Å². The third-order valence-corrected chi connectivity index (χ3v) is 3.36. The Bertz CT molecular complexity index is 829. The molecule has 3 rings (SSSR count). The lowest BCUT2D eigenvalue weighted by Gasteiger charge is -2.08. The Hall–Kier alpha value is -2.34. The molecule has 2 heterocycles. The molecular weight excluding hydrogens is 278 g/mol. The van der Waals surface area contributed by atoms with Crippen molar-refractivity contribution < 1.29 is 0 Å². The zero-order chi connectivity index (χ0) is 14.3. The lowest BCUT2D eigenvalue weighted by molar-refractivity contribution is 0.973. The molecule has 2 N–H and O–H groups in total. The number of halogens is 1. The quantitative estimate of drug-likeness (QED) is 0.759. The summed E-state index contributed by atoms with van der Waals surface area (Å²) in [4.78, 5) is 19.3. The maximum atomic E-state index is 12.1. The van der Waals surface area contributed by atoms with Crippen LogP contribution in [0, 0.1) is 13.8 Å². The Kier molecular flexibility index (Phi) is 2.94. The van der Waals surface area contributed by atoms with Gasteiger partial charge in [-0.1, -0.05) is 17.7 Å². The number of imidazole rings is 1. The van der Waals surface area contributed by atoms with Gasteiger partial charge in [-0.2, -0.15) is 5.10 Å². The van der Waals surface area contributed by atoms with E-state index in [0.717, 1.165) is 11.3 Å². The molecule has 0 spiro atoms. The molecule has 0 fully saturated rings. The fourth-order valence-electron chi connectivity index (χ4n) is 2.09. The van der Waals surface area contributed by atoms with E-state index < -0.39 is 0 Å². The third-order valence-electron chi connectivity index (χ3n) is 3.13. The number of benzene rings is 1. The summed E-state index contributed by atoms with van der Waals surface area (Å²) < 4.78 is 1.48. The first-order valence-electron chi connectivity index (χ1n) is 6.02. The Morgan fingerprint density at radius 2 is 2.10 bits per heavy atom. The number of aromatic nitrogens is 5. The van der Waals surface area contributed by atoms with Crippen LogP contribution in [0.25, 0.3) is 17.2 Å². The largest absolute Gasteiger partial charge is 0.348 e. The zero-order valence-electron chi connectivity index (χ0n) is 10.9. The average Bonchev–Trinajstić information content (AvgIpc) is 2.98. The van der Waals surface area contributed by atoms with Crippen molar-refractivity contribution >= 4 is 11.6 Å². The number of rotatable bonds is 2. The molecule has 7 heteroatoms. The molecule has 0 unspecified atom stereocenters. The minimum atomic E-state index is -0.326. The molecule has 1 aromatic carbocycles. The van der Waals surface area contributed by atoms with Crippen molar-refractivity contribution in [2.75, 3.05) is 0 Å². The number of H-pyrrole nitrogens is 2. The van der Waals surface area contributed by atoms with Crippen LogP contribution in [0.15, 0.2) is 29.3 Å². The van der Waals surface area contributed by atoms with Gasteiger partial charge in [0.2, 0.25) is 0 Å². The normalized spacial score (nSPS) is 10.9. The first-order chi connectivity index (χ1) is 9.58. The van der Waals surface area contributed by atoms with Gasteiger partial charge in [0.15, 0.2) is 5.82 Å². The molecule has 0 atom stereocenters. The second kappa shape index (κ2) is 4.64. The molecule has 0 aliphatic carbocycles. The van der Waals surface area contributed by atoms with Gasteiger partial charge in [-0.3, -0.25) is 0 Å². The first-order valence-corrected chi connectivity index (χ1v) is 6.40. The summed E-state index contributed by atoms with van der Waals surface area (Å²) in [5.41, 5.74) is 2.75. The van der Waals surface area contributed by atoms with Gasteiger partial charge in [0.1, 0.15) is 5.69 Å². The second-order valence-electron chi connectivity index (χ2n) is 4.49. The predicted octanol–water partition coefficient (Wildman–Crippen LogP) is 2.22. The van der Waals surface area contributed by atoms with Crippen LogP contribution in [0.2, 0.25) is 5.02 Å². The van der Waals surface area contributed by atoms with E-state index in [0.29, 0.717) is 22.2 Å². The summed E-state index contributed by atoms with van der Waals surface area (Å²) in [6.45, 7) is 3.78. The van der Waals surface area contributed by atoms with Gasteiger partial charge in [0.05, 0.1) is 12.0 Å². The molecule has 102 valence electrons. The van der Waals surface area contributed by atoms with Crippen LogP contribution >= 0.6 is 11.6 Å². The molecule has 0 bridgehead atoms. The van der Waals surface area contributed by atoms with Crippen LogP contribution < -0.4 is 5.69 Å². The van der Waals surface area contributed by atoms with Crippen LogP contribution in [0.3, 0.4) is 0 Å². The van der Waals surface area contributed by atoms with Gasteiger partial charge in [-0.15, -0.1) is 0 Å². The van der Waals surface area contributed by atoms with E-state index in [1.165, 1.54) is 4.57 Å². The summed E-state index contributed by atoms with van der Waals surface area (Å²) in [6, 6.07) is 5.38. The van der Waals surface area contributed by atoms with Gasteiger partial charge in [0.25, 0.3) is 0 Å². The number of aryl methyl sites for hydroxylation is 2. The average molecular weight is 290 g/mol. The highest BCUT2D eigenvalue weighted by Gasteiger charge is 2.17. The molecule has 20 heavy (non-hydrogen) atoms. The molecular formula is C13H12ClN5O. The summed E-state index contributed by atoms with van der Waals surface area (Å²) in [5, 5.41) is 7.08. The number of nitrogens with zero attached hydrogens (tertiary/aromatic N) is 3. The Morgan fingerprint density at radius 3 is 2.80 bits per heavy atom. The van der Waals surface area contributed by atoms with E-state index in [-0.39, 0.29) is 5.69 Å². The Morgan fingerprint density at radius 1 is 1.30 bits per heavy atom. The van der Waals surface area contributed by atoms with Crippen molar-refractivity contribution in [1.29, 1.82) is 0 Å². The van der Waals surface area contributed by atoms with Crippen molar-refractivity contribution in [3.05, 3.63) is 51.3 Å². The third kappa shape index (κ3) is 1.94. The minimum absolute atomic E-state index is 0.326. The Balaban J connectivity index is 2.30. The maximum Gasteiger partial charge on any atom is 0.348 e. The van der Waals surface area contributed by atoms with Crippen LogP contribution in [0.5, 0.6) is 0 Å². The molecule has 0 saturated carbocycles. The smallest absolute Gasteiger partial charge is 0.348 e. The highest BCUT2D eigenvalue weighted by Crippen LogP contribution is 2.23. The number of hydrogen-bond donors (Lipinski definition) is 2. The molecule has 0 amide bonds. The van der Waals surface area contributed by atoms with Crippen molar-refractivity contribution in [3.63, 3.8) is 0 Å². The second-order valence-corrected chi connectivity index (χ2v) is 4.93. The molecule has 0 aliphatic rings. The maximum absolute atomic E-state index is 12.1. The number of nitrogens with one attached hydrogen (secondary N) is 2. The van der Waals surface area contributed by atoms with E-state index in [1.807, 2.05) is 19.9 Å². The molecule has 6 nitrogen and oxygen atoms in total. The fraction of sp³-hybridized carbons (Fsp3) is 0.154. The molecule has 0 saturated heterocycles. The summed E-state index contributed by atoms with van der Waals surface area (Å²) in [6.07, 6.45) is 1.57. The van der Waals surface area contributed by atoms with Crippen molar-refractivity contribution in [3.8, 4) is 17.2 Å².